The maximum Gasteiger partial charge on any atom is 0.317 e. The number of hydrogen-bond acceptors (Lipinski definition) is 3. The first-order chi connectivity index (χ1) is 11.6. The summed E-state index contributed by atoms with van der Waals surface area (Å²) in [5.41, 5.74) is 3.20. The van der Waals surface area contributed by atoms with Crippen molar-refractivity contribution >= 4 is 6.03 Å². The lowest BCUT2D eigenvalue weighted by atomic mass is 10.1. The van der Waals surface area contributed by atoms with Crippen molar-refractivity contribution in [1.29, 1.82) is 0 Å². The van der Waals surface area contributed by atoms with Gasteiger partial charge < -0.3 is 15.0 Å². The predicted molar refractivity (Wildman–Crippen MR) is 94.9 cm³/mol. The van der Waals surface area contributed by atoms with Crippen LogP contribution in [-0.4, -0.2) is 29.1 Å². The number of aryl methyl sites for hydroxylation is 1. The van der Waals surface area contributed by atoms with Gasteiger partial charge in [-0.25, -0.2) is 9.78 Å². The molecule has 5 heteroatoms. The molecule has 0 fully saturated rings. The lowest BCUT2D eigenvalue weighted by Crippen LogP contribution is -2.39. The van der Waals surface area contributed by atoms with Gasteiger partial charge in [0.25, 0.3) is 0 Å². The average molecular weight is 327 g/mol. The molecule has 2 rings (SSSR count). The number of carbonyl (C=O) groups excluding carboxylic acids is 1. The zero-order valence-corrected chi connectivity index (χ0v) is 14.6. The molecular formula is C19H25N3O2. The lowest BCUT2D eigenvalue weighted by Gasteiger charge is -2.22. The Morgan fingerprint density at radius 1 is 1.25 bits per heavy atom. The zero-order chi connectivity index (χ0) is 17.4. The smallest absolute Gasteiger partial charge is 0.317 e. The molecule has 0 radical (unpaired) electrons. The number of aromatic nitrogens is 1. The summed E-state index contributed by atoms with van der Waals surface area (Å²) in [4.78, 5) is 18.4. The van der Waals surface area contributed by atoms with Gasteiger partial charge >= 0.3 is 6.03 Å². The fraction of sp³-hybridized carbons (Fsp3) is 0.368. The highest BCUT2D eigenvalue weighted by Crippen LogP contribution is 2.14. The summed E-state index contributed by atoms with van der Waals surface area (Å²) >= 11 is 0. The third-order valence-electron chi connectivity index (χ3n) is 3.69. The van der Waals surface area contributed by atoms with Gasteiger partial charge in [0, 0.05) is 31.4 Å². The first-order valence-corrected chi connectivity index (χ1v) is 8.29. The summed E-state index contributed by atoms with van der Waals surface area (Å²) < 4.78 is 5.49. The second-order valence-electron chi connectivity index (χ2n) is 5.56. The van der Waals surface area contributed by atoms with Crippen molar-refractivity contribution in [3.8, 4) is 5.88 Å². The second-order valence-corrected chi connectivity index (χ2v) is 5.56. The summed E-state index contributed by atoms with van der Waals surface area (Å²) in [6.07, 6.45) is 1.69. The number of amides is 2. The van der Waals surface area contributed by atoms with Gasteiger partial charge in [-0.15, -0.1) is 0 Å². The van der Waals surface area contributed by atoms with Crippen molar-refractivity contribution in [3.63, 3.8) is 0 Å². The molecule has 0 spiro atoms. The van der Waals surface area contributed by atoms with Crippen LogP contribution in [0.2, 0.25) is 0 Å². The number of benzene rings is 1. The van der Waals surface area contributed by atoms with Gasteiger partial charge in [0.1, 0.15) is 0 Å². The molecule has 0 bridgehead atoms. The van der Waals surface area contributed by atoms with E-state index in [0.717, 1.165) is 11.1 Å². The maximum absolute atomic E-state index is 12.5. The van der Waals surface area contributed by atoms with Crippen LogP contribution in [0.1, 0.15) is 30.5 Å². The van der Waals surface area contributed by atoms with Gasteiger partial charge in [0.2, 0.25) is 5.88 Å². The highest BCUT2D eigenvalue weighted by Gasteiger charge is 2.13. The van der Waals surface area contributed by atoms with Crippen molar-refractivity contribution in [2.24, 2.45) is 0 Å². The molecule has 128 valence electrons. The van der Waals surface area contributed by atoms with Crippen LogP contribution in [-0.2, 0) is 13.1 Å². The van der Waals surface area contributed by atoms with Crippen molar-refractivity contribution in [3.05, 3.63) is 59.3 Å². The molecule has 24 heavy (non-hydrogen) atoms. The Bertz CT molecular complexity index is 673. The number of rotatable bonds is 7. The lowest BCUT2D eigenvalue weighted by molar-refractivity contribution is 0.197. The van der Waals surface area contributed by atoms with Gasteiger partial charge in [0.05, 0.1) is 6.61 Å². The Labute approximate surface area is 143 Å². The van der Waals surface area contributed by atoms with Crippen LogP contribution in [0.3, 0.4) is 0 Å². The molecule has 1 aromatic carbocycles. The third kappa shape index (κ3) is 4.98. The highest BCUT2D eigenvalue weighted by atomic mass is 16.5. The Kier molecular flexibility index (Phi) is 6.61. The van der Waals surface area contributed by atoms with E-state index in [-0.39, 0.29) is 6.03 Å². The Hall–Kier alpha value is -2.56. The average Bonchev–Trinajstić information content (AvgIpc) is 2.59. The Morgan fingerprint density at radius 2 is 2.08 bits per heavy atom. The van der Waals surface area contributed by atoms with Crippen molar-refractivity contribution in [2.45, 2.75) is 33.9 Å². The van der Waals surface area contributed by atoms with Crippen LogP contribution in [0.5, 0.6) is 5.88 Å². The second kappa shape index (κ2) is 8.91. The molecule has 0 atom stereocenters. The van der Waals surface area contributed by atoms with Crippen LogP contribution < -0.4 is 10.1 Å². The fourth-order valence-electron chi connectivity index (χ4n) is 2.47. The van der Waals surface area contributed by atoms with Crippen molar-refractivity contribution in [2.75, 3.05) is 13.2 Å². The summed E-state index contributed by atoms with van der Waals surface area (Å²) in [5.74, 6) is 0.571. The predicted octanol–water partition coefficient (Wildman–Crippen LogP) is 3.52. The van der Waals surface area contributed by atoms with Crippen LogP contribution >= 0.6 is 0 Å². The van der Waals surface area contributed by atoms with Gasteiger partial charge in [-0.05, 0) is 32.4 Å². The monoisotopic (exact) mass is 327 g/mol. The molecule has 1 aromatic heterocycles. The standard InChI is InChI=1S/C19H25N3O2/c1-4-22(14-16-9-6-8-15(3)12-16)19(23)21-13-17-10-7-11-20-18(17)24-5-2/h6-12H,4-5,13-14H2,1-3H3,(H,21,23). The molecule has 5 nitrogen and oxygen atoms in total. The molecular weight excluding hydrogens is 302 g/mol. The molecule has 2 amide bonds. The van der Waals surface area contributed by atoms with E-state index in [4.69, 9.17) is 4.74 Å². The van der Waals surface area contributed by atoms with E-state index in [9.17, 15) is 4.79 Å². The number of carbonyl (C=O) groups is 1. The number of urea groups is 1. The van der Waals surface area contributed by atoms with E-state index in [0.29, 0.717) is 32.1 Å². The van der Waals surface area contributed by atoms with E-state index in [1.54, 1.807) is 11.1 Å². The number of nitrogens with one attached hydrogen (secondary N) is 1. The quantitative estimate of drug-likeness (QED) is 0.846. The fourth-order valence-corrected chi connectivity index (χ4v) is 2.47. The maximum atomic E-state index is 12.5. The van der Waals surface area contributed by atoms with Gasteiger partial charge in [-0.2, -0.15) is 0 Å². The summed E-state index contributed by atoms with van der Waals surface area (Å²) in [6.45, 7) is 8.12. The first kappa shape index (κ1) is 17.8. The van der Waals surface area contributed by atoms with Crippen LogP contribution in [0.15, 0.2) is 42.6 Å². The topological polar surface area (TPSA) is 54.5 Å². The summed E-state index contributed by atoms with van der Waals surface area (Å²) in [6, 6.07) is 11.9. The molecule has 1 heterocycles. The Balaban J connectivity index is 1.97. The number of ether oxygens (including phenoxy) is 1. The molecule has 0 saturated heterocycles. The molecule has 0 aliphatic heterocycles. The van der Waals surface area contributed by atoms with Crippen molar-refractivity contribution in [1.82, 2.24) is 15.2 Å². The summed E-state index contributed by atoms with van der Waals surface area (Å²) in [7, 11) is 0. The molecule has 1 N–H and O–H groups in total. The molecule has 0 aliphatic carbocycles. The van der Waals surface area contributed by atoms with Crippen LogP contribution in [0, 0.1) is 6.92 Å². The number of nitrogens with zero attached hydrogens (tertiary/aromatic N) is 2. The van der Waals surface area contributed by atoms with Gasteiger partial charge in [-0.3, -0.25) is 0 Å². The van der Waals surface area contributed by atoms with Crippen LogP contribution in [0.25, 0.3) is 0 Å². The largest absolute Gasteiger partial charge is 0.478 e. The Morgan fingerprint density at radius 3 is 2.79 bits per heavy atom. The minimum Gasteiger partial charge on any atom is -0.478 e. The zero-order valence-electron chi connectivity index (χ0n) is 14.6. The van der Waals surface area contributed by atoms with Crippen molar-refractivity contribution < 1.29 is 9.53 Å². The SMILES string of the molecule is CCOc1ncccc1CNC(=O)N(CC)Cc1cccc(C)c1. The normalized spacial score (nSPS) is 10.3. The molecule has 0 aliphatic rings. The number of hydrogen-bond donors (Lipinski definition) is 1. The van der Waals surface area contributed by atoms with Gasteiger partial charge in [0.15, 0.2) is 0 Å². The summed E-state index contributed by atoms with van der Waals surface area (Å²) in [5, 5.41) is 2.95. The van der Waals surface area contributed by atoms with E-state index >= 15 is 0 Å². The van der Waals surface area contributed by atoms with E-state index in [2.05, 4.69) is 29.4 Å². The van der Waals surface area contributed by atoms with E-state index in [1.807, 2.05) is 38.1 Å². The van der Waals surface area contributed by atoms with Gasteiger partial charge in [-0.1, -0.05) is 35.9 Å². The minimum atomic E-state index is -0.0923. The van der Waals surface area contributed by atoms with Crippen LogP contribution in [0.4, 0.5) is 4.79 Å². The first-order valence-electron chi connectivity index (χ1n) is 8.29. The minimum absolute atomic E-state index is 0.0923. The highest BCUT2D eigenvalue weighted by molar-refractivity contribution is 5.74. The third-order valence-corrected chi connectivity index (χ3v) is 3.69. The molecule has 2 aromatic rings. The van der Waals surface area contributed by atoms with E-state index < -0.39 is 0 Å². The van der Waals surface area contributed by atoms with E-state index in [1.165, 1.54) is 5.56 Å². The molecule has 0 saturated carbocycles. The molecule has 0 unspecified atom stereocenters. The number of pyridine rings is 1.